The number of fused-ring (bicyclic) bond motifs is 1. The average Bonchev–Trinajstić information content (AvgIpc) is 3.59. The molecule has 5 heterocycles. The van der Waals surface area contributed by atoms with Gasteiger partial charge in [0.1, 0.15) is 23.8 Å². The highest BCUT2D eigenvalue weighted by atomic mass is 35.5. The number of nitrogens with zero attached hydrogens (tertiary/aromatic N) is 8. The molecule has 1 aliphatic heterocycles. The number of halogens is 1. The molecule has 0 amide bonds. The molecule has 188 valence electrons. The summed E-state index contributed by atoms with van der Waals surface area (Å²) in [6.45, 7) is -0.479. The van der Waals surface area contributed by atoms with E-state index in [9.17, 15) is 20.1 Å². The van der Waals surface area contributed by atoms with Crippen molar-refractivity contribution in [3.8, 4) is 0 Å². The third-order valence-electron chi connectivity index (χ3n) is 5.30. The van der Waals surface area contributed by atoms with Crippen LogP contribution in [0.2, 0.25) is 5.28 Å². The van der Waals surface area contributed by atoms with E-state index in [1.54, 1.807) is 12.1 Å². The quantitative estimate of drug-likeness (QED) is 0.107. The van der Waals surface area contributed by atoms with Gasteiger partial charge in [0, 0.05) is 17.3 Å². The van der Waals surface area contributed by atoms with Crippen LogP contribution in [0.1, 0.15) is 12.1 Å². The number of aliphatic hydroxyl groups is 2. The minimum atomic E-state index is -2.18. The van der Waals surface area contributed by atoms with Gasteiger partial charge < -0.3 is 30.5 Å². The Hall–Kier alpha value is -3.48. The van der Waals surface area contributed by atoms with Crippen LogP contribution in [0.4, 0.5) is 5.82 Å². The van der Waals surface area contributed by atoms with Crippen LogP contribution in [0.25, 0.3) is 11.2 Å². The van der Waals surface area contributed by atoms with Crippen molar-refractivity contribution in [2.24, 2.45) is 0 Å². The second-order valence-electron chi connectivity index (χ2n) is 7.51. The number of tetrazole rings is 1. The smallest absolute Gasteiger partial charge is 0.355 e. The summed E-state index contributed by atoms with van der Waals surface area (Å²) in [7, 11) is 0. The number of pyridine rings is 1. The zero-order chi connectivity index (χ0) is 25.4. The van der Waals surface area contributed by atoms with Crippen molar-refractivity contribution in [1.82, 2.24) is 45.1 Å². The third-order valence-corrected chi connectivity index (χ3v) is 6.71. The number of aromatic amines is 1. The summed E-state index contributed by atoms with van der Waals surface area (Å²) in [4.78, 5) is 26.7. The number of aromatic nitrogens is 9. The molecule has 16 nitrogen and oxygen atoms in total. The van der Waals surface area contributed by atoms with Gasteiger partial charge in [-0.1, -0.05) is 17.0 Å². The number of aliphatic hydroxyl groups excluding tert-OH is 2. The summed E-state index contributed by atoms with van der Waals surface area (Å²) in [5.74, 6) is -1.70. The van der Waals surface area contributed by atoms with Crippen molar-refractivity contribution in [3.63, 3.8) is 0 Å². The minimum Gasteiger partial charge on any atom is -0.478 e. The first-order chi connectivity index (χ1) is 17.3. The van der Waals surface area contributed by atoms with Crippen LogP contribution >= 0.6 is 23.4 Å². The Labute approximate surface area is 209 Å². The van der Waals surface area contributed by atoms with Crippen molar-refractivity contribution in [2.75, 3.05) is 12.3 Å². The molecule has 0 spiro atoms. The van der Waals surface area contributed by atoms with Gasteiger partial charge in [-0.25, -0.2) is 9.78 Å². The number of nitrogens with two attached hydrogens (primary N) is 1. The van der Waals surface area contributed by atoms with Gasteiger partial charge in [-0.2, -0.15) is 15.2 Å². The number of thioether (sulfide) groups is 1. The Balaban J connectivity index is 1.42. The highest BCUT2D eigenvalue weighted by Crippen LogP contribution is 2.42. The fourth-order valence-corrected chi connectivity index (χ4v) is 4.76. The fourth-order valence-electron chi connectivity index (χ4n) is 3.61. The number of hydrogen-bond acceptors (Lipinski definition) is 14. The van der Waals surface area contributed by atoms with E-state index in [4.69, 9.17) is 26.8 Å². The van der Waals surface area contributed by atoms with Crippen molar-refractivity contribution in [2.45, 2.75) is 34.4 Å². The third kappa shape index (κ3) is 4.21. The monoisotopic (exact) mass is 536 g/mol. The maximum Gasteiger partial charge on any atom is 0.355 e. The van der Waals surface area contributed by atoms with Gasteiger partial charge in [0.2, 0.25) is 11.1 Å². The molecule has 5 atom stereocenters. The maximum atomic E-state index is 12.4. The lowest BCUT2D eigenvalue weighted by atomic mass is 10.1. The molecule has 5 rings (SSSR count). The molecule has 1 unspecified atom stereocenters. The fraction of sp³-hybridized carbons (Fsp3) is 0.333. The number of aliphatic carboxylic acids is 1. The molecule has 0 radical (unpaired) electrons. The largest absolute Gasteiger partial charge is 0.478 e. The number of carboxylic acid groups (broad SMARTS) is 1. The Morgan fingerprint density at radius 2 is 2.19 bits per heavy atom. The molecular weight excluding hydrogens is 520 g/mol. The van der Waals surface area contributed by atoms with Gasteiger partial charge in [-0.05, 0) is 23.7 Å². The van der Waals surface area contributed by atoms with Gasteiger partial charge in [0.25, 0.3) is 4.93 Å². The highest BCUT2D eigenvalue weighted by molar-refractivity contribution is 8.00. The number of imidazole rings is 1. The number of rotatable bonds is 8. The van der Waals surface area contributed by atoms with Gasteiger partial charge in [-0.15, -0.1) is 10.2 Å². The van der Waals surface area contributed by atoms with Crippen LogP contribution in [-0.4, -0.2) is 91.3 Å². The number of H-pyrrole nitrogens is 1. The molecule has 1 saturated heterocycles. The van der Waals surface area contributed by atoms with Crippen LogP contribution in [0.15, 0.2) is 35.7 Å². The summed E-state index contributed by atoms with van der Waals surface area (Å²) in [6, 6.07) is 3.25. The zero-order valence-corrected chi connectivity index (χ0v) is 19.5. The molecule has 4 aromatic heterocycles. The molecular formula is C18H17ClN10O6S. The first-order valence-corrected chi connectivity index (χ1v) is 11.4. The minimum absolute atomic E-state index is 0.0236. The summed E-state index contributed by atoms with van der Waals surface area (Å²) in [6.07, 6.45) is -0.998. The van der Waals surface area contributed by atoms with Crippen molar-refractivity contribution >= 4 is 46.3 Å². The number of nitrogen functional groups attached to an aromatic ring is 1. The molecule has 18 heteroatoms. The SMILES string of the molecule is Nc1nc(Cl)nc2c1ncn2[C@@H]1O[C@H](COC(Sc2cccnc2)(C(=O)O)c2nn[nH]n2)[C@@H](O)[C@H]1O. The van der Waals surface area contributed by atoms with E-state index in [2.05, 4.69) is 40.6 Å². The molecule has 0 aliphatic carbocycles. The summed E-state index contributed by atoms with van der Waals surface area (Å²) in [5, 5.41) is 44.6. The van der Waals surface area contributed by atoms with E-state index in [0.29, 0.717) is 4.90 Å². The number of hydrogen-bond donors (Lipinski definition) is 5. The van der Waals surface area contributed by atoms with Crippen molar-refractivity contribution in [3.05, 3.63) is 42.0 Å². The lowest BCUT2D eigenvalue weighted by Gasteiger charge is -2.27. The van der Waals surface area contributed by atoms with Gasteiger partial charge >= 0.3 is 5.97 Å². The first kappa shape index (κ1) is 24.2. The molecule has 0 saturated carbocycles. The summed E-state index contributed by atoms with van der Waals surface area (Å²) in [5.41, 5.74) is 6.22. The Morgan fingerprint density at radius 1 is 1.36 bits per heavy atom. The molecule has 6 N–H and O–H groups in total. The van der Waals surface area contributed by atoms with Crippen LogP contribution in [-0.2, 0) is 19.2 Å². The van der Waals surface area contributed by atoms with Crippen molar-refractivity contribution in [1.29, 1.82) is 0 Å². The zero-order valence-electron chi connectivity index (χ0n) is 17.9. The lowest BCUT2D eigenvalue weighted by Crippen LogP contribution is -2.41. The van der Waals surface area contributed by atoms with Gasteiger partial charge in [0.15, 0.2) is 17.7 Å². The topological polar surface area (TPSA) is 233 Å². The van der Waals surface area contributed by atoms with Gasteiger partial charge in [0.05, 0.1) is 12.9 Å². The standard InChI is InChI=1S/C18H17ClN10O6S/c19-17-23-12(20)9-13(24-17)29(6-22-9)14-11(31)10(30)8(35-14)5-34-18(16(32)33,15-25-27-28-26-15)36-7-2-1-3-21-4-7/h1-4,6,8,10-11,14,30-31H,5H2,(H,32,33)(H2,20,23,24)(H,25,26,27,28)/t8-,10-,11-,14-,18?/m1/s1. The second kappa shape index (κ2) is 9.52. The Kier molecular flexibility index (Phi) is 6.41. The maximum absolute atomic E-state index is 12.4. The van der Waals surface area contributed by atoms with E-state index in [0.717, 1.165) is 11.8 Å². The summed E-state index contributed by atoms with van der Waals surface area (Å²) < 4.78 is 13.0. The van der Waals surface area contributed by atoms with Crippen LogP contribution in [0.3, 0.4) is 0 Å². The average molecular weight is 537 g/mol. The van der Waals surface area contributed by atoms with E-state index in [1.807, 2.05) is 0 Å². The van der Waals surface area contributed by atoms with Crippen LogP contribution in [0.5, 0.6) is 0 Å². The molecule has 0 bridgehead atoms. The number of ether oxygens (including phenoxy) is 2. The summed E-state index contributed by atoms with van der Waals surface area (Å²) >= 11 is 6.66. The predicted molar refractivity (Wildman–Crippen MR) is 120 cm³/mol. The highest BCUT2D eigenvalue weighted by Gasteiger charge is 2.51. The van der Waals surface area contributed by atoms with Gasteiger partial charge in [-0.3, -0.25) is 9.55 Å². The van der Waals surface area contributed by atoms with E-state index < -0.39 is 42.0 Å². The number of nitrogens with one attached hydrogen (secondary N) is 1. The molecule has 1 aliphatic rings. The number of anilines is 1. The molecule has 1 fully saturated rings. The normalized spacial score (nSPS) is 23.6. The predicted octanol–water partition coefficient (Wildman–Crippen LogP) is -0.664. The van der Waals surface area contributed by atoms with E-state index in [-0.39, 0.29) is 28.1 Å². The molecule has 0 aromatic carbocycles. The molecule has 4 aromatic rings. The molecule has 36 heavy (non-hydrogen) atoms. The Morgan fingerprint density at radius 3 is 2.89 bits per heavy atom. The number of carboxylic acids is 1. The van der Waals surface area contributed by atoms with E-state index >= 15 is 0 Å². The van der Waals surface area contributed by atoms with Crippen LogP contribution in [0, 0.1) is 0 Å². The van der Waals surface area contributed by atoms with Crippen molar-refractivity contribution < 1.29 is 29.6 Å². The van der Waals surface area contributed by atoms with E-state index in [1.165, 1.54) is 23.3 Å². The Bertz CT molecular complexity index is 1380. The second-order valence-corrected chi connectivity index (χ2v) is 9.10. The number of carbonyl (C=O) groups is 1. The lowest BCUT2D eigenvalue weighted by molar-refractivity contribution is -0.161. The first-order valence-electron chi connectivity index (χ1n) is 10.2. The van der Waals surface area contributed by atoms with Crippen LogP contribution < -0.4 is 5.73 Å².